The fraction of sp³-hybridized carbons (Fsp3) is 0.400. The zero-order valence-electron chi connectivity index (χ0n) is 26.7. The SMILES string of the molecule is CCOP(=O)(OC(C)OC(=O)OC(C)C)C(F)(F)c1ccc(Cn2c(-c3ccc(C(=O)OOC(=O)OC(C)C)cc3)csc2=N)cc1Br. The number of rotatable bonds is 13. The van der Waals surface area contributed by atoms with Gasteiger partial charge in [0.25, 0.3) is 0 Å². The number of aromatic nitrogens is 1. The lowest BCUT2D eigenvalue weighted by Gasteiger charge is -2.29. The highest BCUT2D eigenvalue weighted by Gasteiger charge is 2.57. The van der Waals surface area contributed by atoms with Crippen LogP contribution in [0.5, 0.6) is 0 Å². The summed E-state index contributed by atoms with van der Waals surface area (Å²) in [6.07, 6.45) is -5.06. The van der Waals surface area contributed by atoms with Crippen molar-refractivity contribution in [1.82, 2.24) is 4.57 Å². The summed E-state index contributed by atoms with van der Waals surface area (Å²) in [7, 11) is -5.27. The van der Waals surface area contributed by atoms with Gasteiger partial charge in [-0.1, -0.05) is 40.2 Å². The van der Waals surface area contributed by atoms with Gasteiger partial charge in [-0.15, -0.1) is 11.3 Å². The quantitative estimate of drug-likeness (QED) is 0.0584. The Morgan fingerprint density at radius 1 is 0.958 bits per heavy atom. The summed E-state index contributed by atoms with van der Waals surface area (Å²) >= 11 is 4.27. The van der Waals surface area contributed by atoms with E-state index in [0.717, 1.165) is 24.3 Å². The lowest BCUT2D eigenvalue weighted by atomic mass is 10.1. The van der Waals surface area contributed by atoms with Crippen molar-refractivity contribution in [2.75, 3.05) is 6.61 Å². The summed E-state index contributed by atoms with van der Waals surface area (Å²) in [5.74, 6) is -0.932. The van der Waals surface area contributed by atoms with E-state index in [0.29, 0.717) is 16.8 Å². The number of hydrogen-bond acceptors (Lipinski definition) is 13. The first-order valence-corrected chi connectivity index (χ1v) is 17.6. The number of ether oxygens (including phenoxy) is 3. The van der Waals surface area contributed by atoms with Gasteiger partial charge in [0, 0.05) is 15.4 Å². The van der Waals surface area contributed by atoms with Crippen LogP contribution in [0.4, 0.5) is 18.4 Å². The molecule has 2 aromatic carbocycles. The number of nitrogens with one attached hydrogen (secondary N) is 1. The number of thiazole rings is 1. The first-order chi connectivity index (χ1) is 22.5. The van der Waals surface area contributed by atoms with Crippen LogP contribution in [0.2, 0.25) is 0 Å². The molecule has 1 heterocycles. The second-order valence-electron chi connectivity index (χ2n) is 10.4. The van der Waals surface area contributed by atoms with E-state index in [-0.39, 0.29) is 21.4 Å². The Hall–Kier alpha value is -3.63. The highest BCUT2D eigenvalue weighted by molar-refractivity contribution is 9.10. The zero-order valence-corrected chi connectivity index (χ0v) is 30.0. The maximum Gasteiger partial charge on any atom is 0.550 e. The van der Waals surface area contributed by atoms with Gasteiger partial charge < -0.3 is 23.3 Å². The van der Waals surface area contributed by atoms with Crippen LogP contribution in [0.25, 0.3) is 11.3 Å². The Morgan fingerprint density at radius 2 is 1.58 bits per heavy atom. The topological polar surface area (TPSA) is 162 Å². The van der Waals surface area contributed by atoms with E-state index < -0.39 is 62.2 Å². The van der Waals surface area contributed by atoms with Crippen molar-refractivity contribution in [2.24, 2.45) is 0 Å². The maximum atomic E-state index is 15.8. The predicted molar refractivity (Wildman–Crippen MR) is 171 cm³/mol. The number of hydrogen-bond donors (Lipinski definition) is 1. The number of carbonyl (C=O) groups is 3. The van der Waals surface area contributed by atoms with E-state index in [1.54, 1.807) is 49.8 Å². The van der Waals surface area contributed by atoms with Gasteiger partial charge in [0.15, 0.2) is 4.80 Å². The van der Waals surface area contributed by atoms with Gasteiger partial charge in [-0.05, 0) is 70.9 Å². The molecule has 1 N–H and O–H groups in total. The summed E-state index contributed by atoms with van der Waals surface area (Å²) < 4.78 is 70.9. The Balaban J connectivity index is 1.80. The van der Waals surface area contributed by atoms with Crippen LogP contribution >= 0.6 is 34.9 Å². The van der Waals surface area contributed by atoms with E-state index in [2.05, 4.69) is 25.7 Å². The number of carbonyl (C=O) groups excluding carboxylic acids is 3. The Morgan fingerprint density at radius 3 is 2.17 bits per heavy atom. The molecule has 18 heteroatoms. The summed E-state index contributed by atoms with van der Waals surface area (Å²) in [5, 5.41) is 10.1. The average molecular weight is 780 g/mol. The smallest absolute Gasteiger partial charge is 0.432 e. The standard InChI is InChI=1S/C30H34BrF2N2O11PS/c1-7-40-47(39,46-19(6)43-28(37)41-17(2)3)30(32,33)23-13-8-20(14-24(23)31)15-35-25(16-48-27(35)34)21-9-11-22(12-10-21)26(36)44-45-29(38)42-18(4)5/h8-14,16-19,34H,7,15H2,1-6H3. The molecule has 0 saturated heterocycles. The summed E-state index contributed by atoms with van der Waals surface area (Å²) in [6, 6.07) is 9.89. The third-order valence-corrected chi connectivity index (χ3v) is 9.52. The molecule has 0 aliphatic heterocycles. The lowest BCUT2D eigenvalue weighted by Crippen LogP contribution is -2.25. The Kier molecular flexibility index (Phi) is 13.5. The molecule has 0 radical (unpaired) electrons. The van der Waals surface area contributed by atoms with Gasteiger partial charge in [0.2, 0.25) is 6.29 Å². The molecule has 3 rings (SSSR count). The van der Waals surface area contributed by atoms with Gasteiger partial charge in [-0.25, -0.2) is 19.4 Å². The third-order valence-electron chi connectivity index (χ3n) is 5.97. The van der Waals surface area contributed by atoms with E-state index in [1.165, 1.54) is 31.2 Å². The van der Waals surface area contributed by atoms with Crippen LogP contribution < -0.4 is 4.80 Å². The number of alkyl halides is 2. The highest BCUT2D eigenvalue weighted by atomic mass is 79.9. The predicted octanol–water partition coefficient (Wildman–Crippen LogP) is 8.34. The minimum absolute atomic E-state index is 0.0780. The van der Waals surface area contributed by atoms with Gasteiger partial charge in [0.1, 0.15) is 0 Å². The summed E-state index contributed by atoms with van der Waals surface area (Å²) in [5.41, 5.74) is -3.09. The zero-order chi connectivity index (χ0) is 35.8. The molecule has 0 aliphatic carbocycles. The molecule has 3 aromatic rings. The average Bonchev–Trinajstić information content (AvgIpc) is 3.34. The number of halogens is 3. The molecule has 1 aromatic heterocycles. The molecule has 0 saturated carbocycles. The minimum atomic E-state index is -5.27. The molecule has 0 fully saturated rings. The van der Waals surface area contributed by atoms with Crippen molar-refractivity contribution in [3.05, 3.63) is 73.8 Å². The Bertz CT molecular complexity index is 1710. The first kappa shape index (κ1) is 38.8. The minimum Gasteiger partial charge on any atom is -0.432 e. The van der Waals surface area contributed by atoms with Gasteiger partial charge in [-0.3, -0.25) is 14.5 Å². The molecule has 0 aliphatic rings. The van der Waals surface area contributed by atoms with Crippen LogP contribution in [0, 0.1) is 5.41 Å². The molecule has 2 unspecified atom stereocenters. The van der Waals surface area contributed by atoms with Gasteiger partial charge in [-0.2, -0.15) is 13.6 Å². The van der Waals surface area contributed by atoms with Gasteiger partial charge in [0.05, 0.1) is 36.6 Å². The van der Waals surface area contributed by atoms with Crippen molar-refractivity contribution >= 4 is 53.1 Å². The Labute approximate surface area is 287 Å². The molecule has 48 heavy (non-hydrogen) atoms. The monoisotopic (exact) mass is 778 g/mol. The van der Waals surface area contributed by atoms with Crippen LogP contribution in [0.1, 0.15) is 63.0 Å². The second-order valence-corrected chi connectivity index (χ2v) is 14.2. The molecule has 0 amide bonds. The third kappa shape index (κ3) is 9.95. The second kappa shape index (κ2) is 16.7. The van der Waals surface area contributed by atoms with Crippen molar-refractivity contribution < 1.29 is 60.8 Å². The van der Waals surface area contributed by atoms with Crippen LogP contribution in [-0.2, 0) is 49.8 Å². The number of nitrogens with zero attached hydrogens (tertiary/aromatic N) is 1. The van der Waals surface area contributed by atoms with Crippen molar-refractivity contribution in [3.8, 4) is 11.3 Å². The van der Waals surface area contributed by atoms with Crippen LogP contribution in [-0.4, -0.2) is 48.0 Å². The molecular formula is C30H34BrF2N2O11PS. The molecule has 2 atom stereocenters. The van der Waals surface area contributed by atoms with Crippen molar-refractivity contribution in [1.29, 1.82) is 5.41 Å². The van der Waals surface area contributed by atoms with E-state index in [9.17, 15) is 18.9 Å². The largest absolute Gasteiger partial charge is 0.550 e. The summed E-state index contributed by atoms with van der Waals surface area (Å²) in [6.45, 7) is 8.47. The normalized spacial score (nSPS) is 13.5. The molecule has 13 nitrogen and oxygen atoms in total. The highest BCUT2D eigenvalue weighted by Crippen LogP contribution is 2.68. The first-order valence-electron chi connectivity index (χ1n) is 14.4. The van der Waals surface area contributed by atoms with Crippen LogP contribution in [0.15, 0.2) is 52.3 Å². The van der Waals surface area contributed by atoms with Crippen LogP contribution in [0.3, 0.4) is 0 Å². The van der Waals surface area contributed by atoms with Crippen molar-refractivity contribution in [2.45, 2.75) is 72.2 Å². The van der Waals surface area contributed by atoms with E-state index in [1.807, 2.05) is 0 Å². The molecule has 0 spiro atoms. The number of benzene rings is 2. The van der Waals surface area contributed by atoms with Gasteiger partial charge >= 0.3 is 31.5 Å². The summed E-state index contributed by atoms with van der Waals surface area (Å²) in [4.78, 5) is 44.5. The molecular weight excluding hydrogens is 745 g/mol. The van der Waals surface area contributed by atoms with E-state index in [4.69, 9.17) is 28.7 Å². The fourth-order valence-electron chi connectivity index (χ4n) is 3.99. The van der Waals surface area contributed by atoms with E-state index >= 15 is 8.78 Å². The van der Waals surface area contributed by atoms with Crippen molar-refractivity contribution in [3.63, 3.8) is 0 Å². The maximum absolute atomic E-state index is 15.8. The lowest BCUT2D eigenvalue weighted by molar-refractivity contribution is -0.206. The fourth-order valence-corrected chi connectivity index (χ4v) is 7.21. The molecule has 262 valence electrons. The molecule has 0 bridgehead atoms.